The third-order valence-corrected chi connectivity index (χ3v) is 4.18. The molecule has 1 aromatic heterocycles. The third-order valence-electron chi connectivity index (χ3n) is 4.18. The van der Waals surface area contributed by atoms with Crippen LogP contribution >= 0.6 is 0 Å². The van der Waals surface area contributed by atoms with Gasteiger partial charge in [-0.3, -0.25) is 0 Å². The van der Waals surface area contributed by atoms with Crippen molar-refractivity contribution in [1.29, 1.82) is 0 Å². The molecule has 1 aliphatic rings. The summed E-state index contributed by atoms with van der Waals surface area (Å²) < 4.78 is 11.5. The topological polar surface area (TPSA) is 39.4 Å². The van der Waals surface area contributed by atoms with Crippen LogP contribution in [-0.4, -0.2) is 6.61 Å². The van der Waals surface area contributed by atoms with E-state index in [0.717, 1.165) is 66.4 Å². The number of rotatable bonds is 4. The van der Waals surface area contributed by atoms with Crippen molar-refractivity contribution in [1.82, 2.24) is 0 Å². The Hall–Kier alpha value is -1.77. The SMILES string of the molecule is CCCCOc1cc(C)cc2oc(=O)c3c(c12)CCCC3. The molecular weight excluding hydrogens is 264 g/mol. The first kappa shape index (κ1) is 14.2. The molecule has 0 amide bonds. The van der Waals surface area contributed by atoms with Crippen LogP contribution in [0.15, 0.2) is 21.3 Å². The first-order chi connectivity index (χ1) is 10.2. The van der Waals surface area contributed by atoms with Crippen LogP contribution in [0, 0.1) is 6.92 Å². The van der Waals surface area contributed by atoms with Gasteiger partial charge in [0.1, 0.15) is 11.3 Å². The summed E-state index contributed by atoms with van der Waals surface area (Å²) in [5.74, 6) is 0.875. The molecule has 1 aromatic carbocycles. The molecule has 0 spiro atoms. The molecule has 1 aliphatic carbocycles. The van der Waals surface area contributed by atoms with Crippen LogP contribution in [0.4, 0.5) is 0 Å². The molecule has 0 N–H and O–H groups in total. The predicted molar refractivity (Wildman–Crippen MR) is 84.3 cm³/mol. The van der Waals surface area contributed by atoms with Crippen molar-refractivity contribution in [2.45, 2.75) is 52.4 Å². The number of unbranched alkanes of at least 4 members (excludes halogenated alkanes) is 1. The van der Waals surface area contributed by atoms with Gasteiger partial charge in [0.05, 0.1) is 12.0 Å². The first-order valence-corrected chi connectivity index (χ1v) is 7.92. The molecule has 0 saturated carbocycles. The van der Waals surface area contributed by atoms with Crippen molar-refractivity contribution < 1.29 is 9.15 Å². The maximum absolute atomic E-state index is 12.2. The summed E-state index contributed by atoms with van der Waals surface area (Å²) in [6.07, 6.45) is 6.13. The van der Waals surface area contributed by atoms with E-state index in [1.807, 2.05) is 13.0 Å². The number of hydrogen-bond acceptors (Lipinski definition) is 3. The molecule has 21 heavy (non-hydrogen) atoms. The summed E-state index contributed by atoms with van der Waals surface area (Å²) in [5.41, 5.74) is 3.58. The standard InChI is InChI=1S/C18H22O3/c1-3-4-9-20-15-10-12(2)11-16-17(15)13-7-5-6-8-14(13)18(19)21-16/h10-11H,3-9H2,1-2H3. The average Bonchev–Trinajstić information content (AvgIpc) is 2.47. The van der Waals surface area contributed by atoms with Gasteiger partial charge in [0.25, 0.3) is 0 Å². The highest BCUT2D eigenvalue weighted by Crippen LogP contribution is 2.34. The molecule has 0 bridgehead atoms. The zero-order valence-corrected chi connectivity index (χ0v) is 12.8. The van der Waals surface area contributed by atoms with Crippen molar-refractivity contribution in [2.75, 3.05) is 6.61 Å². The first-order valence-electron chi connectivity index (χ1n) is 7.92. The lowest BCUT2D eigenvalue weighted by atomic mass is 9.90. The van der Waals surface area contributed by atoms with Crippen LogP contribution in [-0.2, 0) is 12.8 Å². The van der Waals surface area contributed by atoms with E-state index in [9.17, 15) is 4.79 Å². The van der Waals surface area contributed by atoms with Gasteiger partial charge in [-0.1, -0.05) is 13.3 Å². The van der Waals surface area contributed by atoms with Crippen molar-refractivity contribution in [3.63, 3.8) is 0 Å². The summed E-state index contributed by atoms with van der Waals surface area (Å²) >= 11 is 0. The van der Waals surface area contributed by atoms with Crippen LogP contribution in [0.5, 0.6) is 5.75 Å². The van der Waals surface area contributed by atoms with Gasteiger partial charge in [0.15, 0.2) is 0 Å². The fourth-order valence-corrected chi connectivity index (χ4v) is 3.11. The highest BCUT2D eigenvalue weighted by Gasteiger charge is 2.20. The number of hydrogen-bond donors (Lipinski definition) is 0. The number of aryl methyl sites for hydroxylation is 2. The molecule has 0 saturated heterocycles. The van der Waals surface area contributed by atoms with E-state index in [4.69, 9.17) is 9.15 Å². The van der Waals surface area contributed by atoms with E-state index in [2.05, 4.69) is 13.0 Å². The molecule has 1 heterocycles. The van der Waals surface area contributed by atoms with Gasteiger partial charge < -0.3 is 9.15 Å². The van der Waals surface area contributed by atoms with Gasteiger partial charge in [-0.05, 0) is 62.3 Å². The number of benzene rings is 1. The van der Waals surface area contributed by atoms with Gasteiger partial charge in [0.2, 0.25) is 0 Å². The lowest BCUT2D eigenvalue weighted by molar-refractivity contribution is 0.312. The molecular formula is C18H22O3. The minimum Gasteiger partial charge on any atom is -0.493 e. The van der Waals surface area contributed by atoms with Gasteiger partial charge >= 0.3 is 5.63 Å². The zero-order valence-electron chi connectivity index (χ0n) is 12.8. The second kappa shape index (κ2) is 5.92. The molecule has 2 aromatic rings. The van der Waals surface area contributed by atoms with Crippen LogP contribution in [0.2, 0.25) is 0 Å². The third kappa shape index (κ3) is 2.69. The maximum atomic E-state index is 12.2. The Bertz CT molecular complexity index is 712. The highest BCUT2D eigenvalue weighted by molar-refractivity contribution is 5.88. The summed E-state index contributed by atoms with van der Waals surface area (Å²) in [6, 6.07) is 4.01. The Balaban J connectivity index is 2.18. The lowest BCUT2D eigenvalue weighted by Crippen LogP contribution is -2.16. The Morgan fingerprint density at radius 2 is 1.95 bits per heavy atom. The highest BCUT2D eigenvalue weighted by atomic mass is 16.5. The van der Waals surface area contributed by atoms with E-state index >= 15 is 0 Å². The Labute approximate surface area is 124 Å². The summed E-state index contributed by atoms with van der Waals surface area (Å²) in [5, 5.41) is 1.02. The fourth-order valence-electron chi connectivity index (χ4n) is 3.11. The molecule has 3 heteroatoms. The predicted octanol–water partition coefficient (Wildman–Crippen LogP) is 4.16. The van der Waals surface area contributed by atoms with Gasteiger partial charge in [-0.25, -0.2) is 4.79 Å². The van der Waals surface area contributed by atoms with E-state index in [1.54, 1.807) is 0 Å². The van der Waals surface area contributed by atoms with Crippen molar-refractivity contribution in [3.05, 3.63) is 39.2 Å². The van der Waals surface area contributed by atoms with E-state index in [0.29, 0.717) is 12.2 Å². The Kier molecular flexibility index (Phi) is 4.00. The summed E-state index contributed by atoms with van der Waals surface area (Å²) in [6.45, 7) is 4.87. The van der Waals surface area contributed by atoms with Gasteiger partial charge in [-0.15, -0.1) is 0 Å². The lowest BCUT2D eigenvalue weighted by Gasteiger charge is -2.18. The van der Waals surface area contributed by atoms with E-state index in [1.165, 1.54) is 0 Å². The molecule has 3 rings (SSSR count). The summed E-state index contributed by atoms with van der Waals surface area (Å²) in [7, 11) is 0. The molecule has 0 radical (unpaired) electrons. The number of fused-ring (bicyclic) bond motifs is 3. The maximum Gasteiger partial charge on any atom is 0.339 e. The molecule has 0 fully saturated rings. The van der Waals surface area contributed by atoms with Gasteiger partial charge in [-0.2, -0.15) is 0 Å². The quantitative estimate of drug-likeness (QED) is 0.626. The smallest absolute Gasteiger partial charge is 0.339 e. The Morgan fingerprint density at radius 3 is 2.71 bits per heavy atom. The Morgan fingerprint density at radius 1 is 1.19 bits per heavy atom. The van der Waals surface area contributed by atoms with E-state index in [-0.39, 0.29) is 5.63 Å². The molecule has 0 unspecified atom stereocenters. The molecule has 112 valence electrons. The van der Waals surface area contributed by atoms with Crippen molar-refractivity contribution >= 4 is 11.0 Å². The van der Waals surface area contributed by atoms with Crippen LogP contribution in [0.1, 0.15) is 49.3 Å². The molecule has 0 atom stereocenters. The van der Waals surface area contributed by atoms with Crippen molar-refractivity contribution in [2.24, 2.45) is 0 Å². The normalized spacial score (nSPS) is 14.2. The van der Waals surface area contributed by atoms with Crippen LogP contribution in [0.3, 0.4) is 0 Å². The van der Waals surface area contributed by atoms with E-state index < -0.39 is 0 Å². The van der Waals surface area contributed by atoms with Crippen molar-refractivity contribution in [3.8, 4) is 5.75 Å². The van der Waals surface area contributed by atoms with Crippen LogP contribution in [0.25, 0.3) is 11.0 Å². The van der Waals surface area contributed by atoms with Gasteiger partial charge in [0, 0.05) is 5.56 Å². The zero-order chi connectivity index (χ0) is 14.8. The monoisotopic (exact) mass is 286 g/mol. The second-order valence-electron chi connectivity index (χ2n) is 5.89. The minimum atomic E-state index is -0.165. The average molecular weight is 286 g/mol. The minimum absolute atomic E-state index is 0.165. The molecule has 0 aliphatic heterocycles. The van der Waals surface area contributed by atoms with Crippen LogP contribution < -0.4 is 10.4 Å². The molecule has 3 nitrogen and oxygen atoms in total. The second-order valence-corrected chi connectivity index (χ2v) is 5.89. The largest absolute Gasteiger partial charge is 0.493 e. The fraction of sp³-hybridized carbons (Fsp3) is 0.500. The number of ether oxygens (including phenoxy) is 1. The summed E-state index contributed by atoms with van der Waals surface area (Å²) in [4.78, 5) is 12.2.